The van der Waals surface area contributed by atoms with Gasteiger partial charge in [-0.3, -0.25) is 4.98 Å². The minimum Gasteiger partial charge on any atom is -0.491 e. The largest absolute Gasteiger partial charge is 0.491 e. The first-order valence-corrected chi connectivity index (χ1v) is 5.92. The van der Waals surface area contributed by atoms with Crippen molar-refractivity contribution in [1.29, 1.82) is 0 Å². The molecule has 1 aromatic heterocycles. The Morgan fingerprint density at radius 1 is 1.29 bits per heavy atom. The monoisotopic (exact) mass is 230 g/mol. The zero-order valence-corrected chi connectivity index (χ0v) is 10.3. The number of nitrogens with one attached hydrogen (secondary N) is 1. The predicted octanol–water partition coefficient (Wildman–Crippen LogP) is 2.47. The van der Waals surface area contributed by atoms with E-state index in [-0.39, 0.29) is 0 Å². The van der Waals surface area contributed by atoms with Crippen LogP contribution in [0.2, 0.25) is 0 Å². The number of ether oxygens (including phenoxy) is 1. The Hall–Kier alpha value is -1.61. The number of hydrogen-bond donors (Lipinski definition) is 1. The van der Waals surface area contributed by atoms with Crippen molar-refractivity contribution in [2.24, 2.45) is 5.92 Å². The number of hydrogen-bond acceptors (Lipinski definition) is 3. The molecule has 2 rings (SSSR count). The van der Waals surface area contributed by atoms with Crippen LogP contribution in [0.3, 0.4) is 0 Å². The maximum atomic E-state index is 5.83. The zero-order valence-electron chi connectivity index (χ0n) is 10.3. The quantitative estimate of drug-likeness (QED) is 0.856. The third-order valence-electron chi connectivity index (χ3n) is 2.67. The normalized spacial score (nSPS) is 12.6. The van der Waals surface area contributed by atoms with Gasteiger partial charge in [-0.25, -0.2) is 0 Å². The fourth-order valence-electron chi connectivity index (χ4n) is 1.83. The van der Waals surface area contributed by atoms with E-state index in [1.54, 1.807) is 6.20 Å². The lowest BCUT2D eigenvalue weighted by Gasteiger charge is -2.13. The molecule has 1 aromatic carbocycles. The van der Waals surface area contributed by atoms with Gasteiger partial charge in [0.15, 0.2) is 0 Å². The highest BCUT2D eigenvalue weighted by atomic mass is 16.5. The molecule has 1 unspecified atom stereocenters. The smallest absolute Gasteiger partial charge is 0.145 e. The second-order valence-electron chi connectivity index (χ2n) is 4.31. The number of benzene rings is 1. The summed E-state index contributed by atoms with van der Waals surface area (Å²) < 4.78 is 5.83. The van der Waals surface area contributed by atoms with Gasteiger partial charge in [0.25, 0.3) is 0 Å². The average Bonchev–Trinajstić information content (AvgIpc) is 2.36. The number of aromatic nitrogens is 1. The number of fused-ring (bicyclic) bond motifs is 1. The molecule has 0 spiro atoms. The molecular weight excluding hydrogens is 212 g/mol. The van der Waals surface area contributed by atoms with E-state index in [0.29, 0.717) is 12.5 Å². The fourth-order valence-corrected chi connectivity index (χ4v) is 1.83. The molecule has 1 N–H and O–H groups in total. The molecule has 0 aliphatic heterocycles. The van der Waals surface area contributed by atoms with Crippen molar-refractivity contribution >= 4 is 10.9 Å². The standard InChI is InChI=1S/C14H18N2O/c1-11(9-15-2)10-17-13-7-3-5-12-6-4-8-16-14(12)13/h3-8,11,15H,9-10H2,1-2H3. The Balaban J connectivity index is 2.13. The van der Waals surface area contributed by atoms with E-state index in [4.69, 9.17) is 4.74 Å². The van der Waals surface area contributed by atoms with E-state index < -0.39 is 0 Å². The van der Waals surface area contributed by atoms with Crippen LogP contribution in [-0.4, -0.2) is 25.2 Å². The van der Waals surface area contributed by atoms with Crippen molar-refractivity contribution in [3.05, 3.63) is 36.5 Å². The molecule has 0 saturated carbocycles. The van der Waals surface area contributed by atoms with Crippen LogP contribution in [0, 0.1) is 5.92 Å². The van der Waals surface area contributed by atoms with Gasteiger partial charge in [0.2, 0.25) is 0 Å². The molecule has 0 amide bonds. The molecule has 17 heavy (non-hydrogen) atoms. The van der Waals surface area contributed by atoms with Crippen molar-refractivity contribution in [3.63, 3.8) is 0 Å². The third kappa shape index (κ3) is 2.94. The average molecular weight is 230 g/mol. The second-order valence-corrected chi connectivity index (χ2v) is 4.31. The SMILES string of the molecule is CNCC(C)COc1cccc2cccnc12. The van der Waals surface area contributed by atoms with Gasteiger partial charge in [-0.1, -0.05) is 25.1 Å². The predicted molar refractivity (Wildman–Crippen MR) is 70.3 cm³/mol. The Labute approximate surface area is 102 Å². The molecule has 1 atom stereocenters. The molecule has 3 nitrogen and oxygen atoms in total. The Bertz CT molecular complexity index is 479. The van der Waals surface area contributed by atoms with Gasteiger partial charge in [-0.05, 0) is 19.2 Å². The van der Waals surface area contributed by atoms with Crippen molar-refractivity contribution in [1.82, 2.24) is 10.3 Å². The summed E-state index contributed by atoms with van der Waals surface area (Å²) in [6.45, 7) is 3.82. The minimum absolute atomic E-state index is 0.485. The summed E-state index contributed by atoms with van der Waals surface area (Å²) >= 11 is 0. The number of rotatable bonds is 5. The molecule has 0 fully saturated rings. The second kappa shape index (κ2) is 5.64. The van der Waals surface area contributed by atoms with Gasteiger partial charge in [-0.2, -0.15) is 0 Å². The topological polar surface area (TPSA) is 34.1 Å². The van der Waals surface area contributed by atoms with Crippen molar-refractivity contribution in [2.45, 2.75) is 6.92 Å². The van der Waals surface area contributed by atoms with Crippen LogP contribution in [-0.2, 0) is 0 Å². The third-order valence-corrected chi connectivity index (χ3v) is 2.67. The van der Waals surface area contributed by atoms with Crippen LogP contribution in [0.25, 0.3) is 10.9 Å². The van der Waals surface area contributed by atoms with Crippen LogP contribution in [0.1, 0.15) is 6.92 Å². The van der Waals surface area contributed by atoms with E-state index in [9.17, 15) is 0 Å². The molecule has 90 valence electrons. The van der Waals surface area contributed by atoms with Gasteiger partial charge in [0, 0.05) is 24.0 Å². The summed E-state index contributed by atoms with van der Waals surface area (Å²) in [6, 6.07) is 10.0. The number of pyridine rings is 1. The summed E-state index contributed by atoms with van der Waals surface area (Å²) in [5.41, 5.74) is 0.937. The van der Waals surface area contributed by atoms with Crippen LogP contribution >= 0.6 is 0 Å². The van der Waals surface area contributed by atoms with Crippen LogP contribution in [0.15, 0.2) is 36.5 Å². The van der Waals surface area contributed by atoms with E-state index in [2.05, 4.69) is 17.2 Å². The first-order valence-electron chi connectivity index (χ1n) is 5.92. The summed E-state index contributed by atoms with van der Waals surface area (Å²) in [5.74, 6) is 1.35. The van der Waals surface area contributed by atoms with E-state index in [1.807, 2.05) is 37.4 Å². The maximum absolute atomic E-state index is 5.83. The van der Waals surface area contributed by atoms with Gasteiger partial charge >= 0.3 is 0 Å². The van der Waals surface area contributed by atoms with Gasteiger partial charge in [0.05, 0.1) is 6.61 Å². The summed E-state index contributed by atoms with van der Waals surface area (Å²) in [5, 5.41) is 4.26. The highest BCUT2D eigenvalue weighted by Crippen LogP contribution is 2.23. The highest BCUT2D eigenvalue weighted by molar-refractivity contribution is 5.84. The molecule has 0 radical (unpaired) electrons. The van der Waals surface area contributed by atoms with E-state index in [1.165, 1.54) is 0 Å². The minimum atomic E-state index is 0.485. The lowest BCUT2D eigenvalue weighted by Crippen LogP contribution is -2.21. The zero-order chi connectivity index (χ0) is 12.1. The lowest BCUT2D eigenvalue weighted by atomic mass is 10.2. The summed E-state index contributed by atoms with van der Waals surface area (Å²) in [7, 11) is 1.95. The molecule has 0 bridgehead atoms. The molecule has 3 heteroatoms. The maximum Gasteiger partial charge on any atom is 0.145 e. The molecule has 1 heterocycles. The van der Waals surface area contributed by atoms with Gasteiger partial charge in [0.1, 0.15) is 11.3 Å². The number of para-hydroxylation sites is 1. The Morgan fingerprint density at radius 2 is 2.12 bits per heavy atom. The molecule has 0 aliphatic rings. The Kier molecular flexibility index (Phi) is 3.94. The van der Waals surface area contributed by atoms with Crippen molar-refractivity contribution in [3.8, 4) is 5.75 Å². The van der Waals surface area contributed by atoms with Crippen LogP contribution in [0.4, 0.5) is 0 Å². The van der Waals surface area contributed by atoms with Crippen LogP contribution in [0.5, 0.6) is 5.75 Å². The van der Waals surface area contributed by atoms with E-state index in [0.717, 1.165) is 23.2 Å². The van der Waals surface area contributed by atoms with Gasteiger partial charge < -0.3 is 10.1 Å². The molecular formula is C14H18N2O. The highest BCUT2D eigenvalue weighted by Gasteiger charge is 2.05. The lowest BCUT2D eigenvalue weighted by molar-refractivity contribution is 0.260. The fraction of sp³-hybridized carbons (Fsp3) is 0.357. The Morgan fingerprint density at radius 3 is 2.94 bits per heavy atom. The molecule has 2 aromatic rings. The summed E-state index contributed by atoms with van der Waals surface area (Å²) in [4.78, 5) is 4.36. The first kappa shape index (κ1) is 11.9. The van der Waals surface area contributed by atoms with Crippen molar-refractivity contribution in [2.75, 3.05) is 20.2 Å². The summed E-state index contributed by atoms with van der Waals surface area (Å²) in [6.07, 6.45) is 1.80. The first-order chi connectivity index (χ1) is 8.31. The molecule has 0 aliphatic carbocycles. The van der Waals surface area contributed by atoms with Gasteiger partial charge in [-0.15, -0.1) is 0 Å². The van der Waals surface area contributed by atoms with E-state index >= 15 is 0 Å². The molecule has 0 saturated heterocycles. The van der Waals surface area contributed by atoms with Crippen LogP contribution < -0.4 is 10.1 Å². The number of nitrogens with zero attached hydrogens (tertiary/aromatic N) is 1. The van der Waals surface area contributed by atoms with Crippen molar-refractivity contribution < 1.29 is 4.74 Å².